The Kier molecular flexibility index (Phi) is 19.9. The number of alkyl halides is 2. The number of nitrogens with two attached hydrogens (primary N) is 1. The SMILES string of the molecule is C.N[C@H](CN1CCCC1)[C@H](O)c1ccc(OC2CC2)c(F)c1.O=C(N[C@H](CN1CCCC1)[C@H](O)c1ccc(OC2CC2)c(F)c1)C(=O)c1cc2cc(Cl)ccc2o1.O=C(O)C(F)(F)c1cc2cc(Cl)ccc2o1.S. The van der Waals surface area contributed by atoms with E-state index in [9.17, 15) is 42.2 Å². The Balaban J connectivity index is 0.000000195. The van der Waals surface area contributed by atoms with E-state index in [4.69, 9.17) is 52.4 Å². The Hall–Kier alpha value is -5.38. The van der Waals surface area contributed by atoms with Crippen LogP contribution in [0.25, 0.3) is 21.9 Å². The minimum Gasteiger partial charge on any atom is -0.487 e. The van der Waals surface area contributed by atoms with Crippen LogP contribution >= 0.6 is 36.7 Å². The molecule has 0 radical (unpaired) electrons. The minimum atomic E-state index is -4.04. The number of hydrogen-bond donors (Lipinski definition) is 5. The standard InChI is InChI=1S/C26H26ClFN2O5.C16H23FN2O2.C10H5ClF2O3.CH4.H2S/c27-17-4-8-21-16(11-17)13-23(35-21)25(32)26(33)29-20(14-30-9-1-2-10-30)24(31)15-3-7-22(19(28)12-15)34-18-5-6-18;17-13-9-11(3-6-15(13)21-12-4-5-12)16(20)14(18)10-19-7-1-2-8-19;11-6-1-2-7-5(3-6)4-8(16-7)10(12,13)9(14)15;;/h3-4,7-8,11-13,18,20,24,31H,1-2,5-6,9-10,14H2,(H,29,33);3,6,9,12,14,16,20H,1-2,4-5,7-8,10,18H2;1-4H,(H,14,15);1H4;1H2/t20-,24-;14-,16-;;;/m11.../s1. The molecule has 10 rings (SSSR count). The van der Waals surface area contributed by atoms with Gasteiger partial charge in [0.1, 0.15) is 17.3 Å². The van der Waals surface area contributed by atoms with Gasteiger partial charge in [-0.2, -0.15) is 22.3 Å². The van der Waals surface area contributed by atoms with Gasteiger partial charge in [0.2, 0.25) is 0 Å². The number of benzene rings is 4. The lowest BCUT2D eigenvalue weighted by Gasteiger charge is -2.28. The van der Waals surface area contributed by atoms with Gasteiger partial charge in [-0.05, 0) is 161 Å². The minimum absolute atomic E-state index is 0. The average molecular weight is 1090 g/mol. The van der Waals surface area contributed by atoms with Crippen LogP contribution in [-0.4, -0.2) is 106 Å². The smallest absolute Gasteiger partial charge is 0.399 e. The second-order valence-corrected chi connectivity index (χ2v) is 19.3. The number of aliphatic hydroxyl groups is 2. The Morgan fingerprint density at radius 1 is 0.703 bits per heavy atom. The lowest BCUT2D eigenvalue weighted by Crippen LogP contribution is -2.48. The number of likely N-dealkylation sites (tertiary alicyclic amines) is 2. The first-order chi connectivity index (χ1) is 34.4. The lowest BCUT2D eigenvalue weighted by molar-refractivity contribution is -0.168. The number of nitrogens with zero attached hydrogens (tertiary/aromatic N) is 2. The van der Waals surface area contributed by atoms with Crippen molar-refractivity contribution in [3.63, 3.8) is 0 Å². The number of carboxylic acids is 1. The maximum atomic E-state index is 14.6. The average Bonchev–Trinajstić information content (AvgIpc) is 4.04. The third kappa shape index (κ3) is 14.9. The molecule has 4 fully saturated rings. The van der Waals surface area contributed by atoms with Crippen LogP contribution in [0.4, 0.5) is 17.6 Å². The number of hydrogen-bond acceptors (Lipinski definition) is 12. The number of Topliss-reactive ketones (excluding diaryl/α,β-unsaturated/α-hetero) is 1. The van der Waals surface area contributed by atoms with E-state index in [0.717, 1.165) is 70.8 Å². The maximum absolute atomic E-state index is 14.6. The molecule has 6 N–H and O–H groups in total. The zero-order chi connectivity index (χ0) is 51.3. The summed E-state index contributed by atoms with van der Waals surface area (Å²) in [6.45, 7) is 4.66. The van der Waals surface area contributed by atoms with Crippen molar-refractivity contribution >= 4 is 76.3 Å². The van der Waals surface area contributed by atoms with E-state index in [2.05, 4.69) is 15.1 Å². The van der Waals surface area contributed by atoms with Crippen LogP contribution in [0, 0.1) is 11.6 Å². The summed E-state index contributed by atoms with van der Waals surface area (Å²) < 4.78 is 76.0. The number of carbonyl (C=O) groups is 3. The molecule has 6 aromatic rings. The van der Waals surface area contributed by atoms with Crippen molar-refractivity contribution in [2.24, 2.45) is 5.73 Å². The highest BCUT2D eigenvalue weighted by Crippen LogP contribution is 2.35. The first-order valence-electron chi connectivity index (χ1n) is 23.8. The van der Waals surface area contributed by atoms with Crippen LogP contribution in [0.3, 0.4) is 0 Å². The highest BCUT2D eigenvalue weighted by Gasteiger charge is 2.45. The Morgan fingerprint density at radius 3 is 1.66 bits per heavy atom. The van der Waals surface area contributed by atoms with Crippen molar-refractivity contribution in [3.8, 4) is 11.5 Å². The summed E-state index contributed by atoms with van der Waals surface area (Å²) in [6, 6.07) is 19.3. The van der Waals surface area contributed by atoms with Crippen LogP contribution in [0.1, 0.15) is 98.4 Å². The maximum Gasteiger partial charge on any atom is 0.399 e. The molecule has 400 valence electrons. The van der Waals surface area contributed by atoms with Crippen molar-refractivity contribution < 1.29 is 65.6 Å². The van der Waals surface area contributed by atoms with E-state index in [1.165, 1.54) is 55.3 Å². The van der Waals surface area contributed by atoms with Gasteiger partial charge in [-0.25, -0.2) is 13.6 Å². The number of nitrogens with one attached hydrogen (secondary N) is 1. The second-order valence-electron chi connectivity index (χ2n) is 18.5. The molecule has 4 atom stereocenters. The van der Waals surface area contributed by atoms with Crippen molar-refractivity contribution in [2.75, 3.05) is 39.3 Å². The number of halogens is 6. The molecule has 4 aromatic carbocycles. The van der Waals surface area contributed by atoms with Gasteiger partial charge < -0.3 is 54.5 Å². The molecule has 0 bridgehead atoms. The predicted octanol–water partition coefficient (Wildman–Crippen LogP) is 10.1. The van der Waals surface area contributed by atoms with Gasteiger partial charge in [0.15, 0.2) is 34.7 Å². The molecule has 74 heavy (non-hydrogen) atoms. The monoisotopic (exact) mass is 1090 g/mol. The molecule has 2 aromatic heterocycles. The summed E-state index contributed by atoms with van der Waals surface area (Å²) in [4.78, 5) is 40.4. The van der Waals surface area contributed by atoms with Crippen LogP contribution in [0.15, 0.2) is 93.8 Å². The summed E-state index contributed by atoms with van der Waals surface area (Å²) in [5.41, 5.74) is 7.47. The molecule has 2 saturated carbocycles. The van der Waals surface area contributed by atoms with Crippen LogP contribution in [0.5, 0.6) is 11.5 Å². The fourth-order valence-corrected chi connectivity index (χ4v) is 8.74. The quantitative estimate of drug-likeness (QED) is 0.0329. The van der Waals surface area contributed by atoms with Crippen molar-refractivity contribution in [3.05, 3.63) is 129 Å². The highest BCUT2D eigenvalue weighted by molar-refractivity contribution is 7.59. The Bertz CT molecular complexity index is 2890. The number of fused-ring (bicyclic) bond motifs is 2. The number of amides is 1. The molecule has 4 heterocycles. The molecule has 0 spiro atoms. The first-order valence-corrected chi connectivity index (χ1v) is 24.5. The number of rotatable bonds is 17. The van der Waals surface area contributed by atoms with Crippen molar-refractivity contribution in [1.29, 1.82) is 0 Å². The number of ketones is 1. The molecule has 1 amide bonds. The largest absolute Gasteiger partial charge is 0.487 e. The van der Waals surface area contributed by atoms with Gasteiger partial charge in [0, 0.05) is 39.9 Å². The zero-order valence-electron chi connectivity index (χ0n) is 39.4. The van der Waals surface area contributed by atoms with Crippen LogP contribution in [0.2, 0.25) is 10.0 Å². The molecular weight excluding hydrogens is 1030 g/mol. The summed E-state index contributed by atoms with van der Waals surface area (Å²) in [7, 11) is 0. The molecule has 14 nitrogen and oxygen atoms in total. The van der Waals surface area contributed by atoms with Crippen LogP contribution < -0.4 is 20.5 Å². The fraction of sp³-hybridized carbons (Fsp3) is 0.415. The van der Waals surface area contributed by atoms with Crippen LogP contribution in [-0.2, 0) is 15.5 Å². The van der Waals surface area contributed by atoms with E-state index in [0.29, 0.717) is 50.6 Å². The van der Waals surface area contributed by atoms with Gasteiger partial charge in [-0.3, -0.25) is 9.59 Å². The summed E-state index contributed by atoms with van der Waals surface area (Å²) in [5, 5.41) is 34.2. The number of furan rings is 2. The fourth-order valence-electron chi connectivity index (χ4n) is 8.38. The molecule has 2 aliphatic heterocycles. The van der Waals surface area contributed by atoms with E-state index >= 15 is 0 Å². The van der Waals surface area contributed by atoms with E-state index in [1.54, 1.807) is 36.4 Å². The number of aliphatic hydroxyl groups excluding tert-OH is 2. The third-order valence-electron chi connectivity index (χ3n) is 12.6. The predicted molar refractivity (Wildman–Crippen MR) is 277 cm³/mol. The number of carboxylic acid groups (broad SMARTS) is 1. The molecule has 0 unspecified atom stereocenters. The van der Waals surface area contributed by atoms with Gasteiger partial charge in [0.25, 0.3) is 11.7 Å². The lowest BCUT2D eigenvalue weighted by atomic mass is 10.0. The first kappa shape index (κ1) is 57.9. The molecular formula is C53H60Cl2F4N4O10S. The Morgan fingerprint density at radius 2 is 1.18 bits per heavy atom. The molecule has 2 saturated heterocycles. The normalized spacial score (nSPS) is 17.4. The third-order valence-corrected chi connectivity index (χ3v) is 13.1. The Labute approximate surface area is 442 Å². The van der Waals surface area contributed by atoms with Gasteiger partial charge in [0.05, 0.1) is 24.4 Å². The van der Waals surface area contributed by atoms with E-state index in [1.807, 2.05) is 0 Å². The topological polar surface area (TPSA) is 201 Å². The zero-order valence-corrected chi connectivity index (χ0v) is 41.9. The highest BCUT2D eigenvalue weighted by atomic mass is 35.5. The van der Waals surface area contributed by atoms with E-state index < -0.39 is 65.3 Å². The van der Waals surface area contributed by atoms with Crippen molar-refractivity contribution in [2.45, 2.75) is 101 Å². The van der Waals surface area contributed by atoms with Gasteiger partial charge in [-0.1, -0.05) is 42.8 Å². The molecule has 21 heteroatoms. The second kappa shape index (κ2) is 25.4. The van der Waals surface area contributed by atoms with Gasteiger partial charge >= 0.3 is 11.9 Å². The number of carbonyl (C=O) groups excluding carboxylic acids is 2. The number of ether oxygens (including phenoxy) is 2. The summed E-state index contributed by atoms with van der Waals surface area (Å²) in [6.07, 6.45) is 6.31. The number of aliphatic carboxylic acids is 1. The summed E-state index contributed by atoms with van der Waals surface area (Å²) in [5.74, 6) is -9.68. The summed E-state index contributed by atoms with van der Waals surface area (Å²) >= 11 is 11.6. The molecule has 2 aliphatic carbocycles. The molecule has 4 aliphatic rings. The van der Waals surface area contributed by atoms with E-state index in [-0.39, 0.29) is 56.0 Å². The van der Waals surface area contributed by atoms with Gasteiger partial charge in [-0.15, -0.1) is 0 Å². The van der Waals surface area contributed by atoms with Crippen molar-refractivity contribution in [1.82, 2.24) is 15.1 Å².